The van der Waals surface area contributed by atoms with Crippen molar-refractivity contribution in [3.05, 3.63) is 54.6 Å². The first-order chi connectivity index (χ1) is 15.6. The average molecular weight is 496 g/mol. The van der Waals surface area contributed by atoms with Crippen molar-refractivity contribution in [2.24, 2.45) is 5.92 Å². The number of carbonyl (C=O) groups is 1. The summed E-state index contributed by atoms with van der Waals surface area (Å²) in [5.41, 5.74) is 0. The van der Waals surface area contributed by atoms with E-state index in [1.165, 1.54) is 30.5 Å². The SMILES string of the molecule is CN(C)S(=O)(=O)c1ccc(OCCNC(=O)[C@@H]2CCCN(S(=O)(=O)c3ccccc3)C2)cc1. The molecule has 1 fully saturated rings. The molecule has 0 spiro atoms. The van der Waals surface area contributed by atoms with E-state index in [4.69, 9.17) is 4.74 Å². The highest BCUT2D eigenvalue weighted by molar-refractivity contribution is 7.89. The summed E-state index contributed by atoms with van der Waals surface area (Å²) in [5.74, 6) is -0.147. The van der Waals surface area contributed by atoms with Gasteiger partial charge in [-0.05, 0) is 49.2 Å². The normalized spacial score (nSPS) is 17.6. The highest BCUT2D eigenvalue weighted by atomic mass is 32.2. The van der Waals surface area contributed by atoms with Crippen LogP contribution in [0.15, 0.2) is 64.4 Å². The van der Waals surface area contributed by atoms with E-state index in [1.807, 2.05) is 0 Å². The van der Waals surface area contributed by atoms with E-state index >= 15 is 0 Å². The van der Waals surface area contributed by atoms with Crippen LogP contribution in [0.1, 0.15) is 12.8 Å². The Balaban J connectivity index is 1.48. The maximum atomic E-state index is 12.8. The molecule has 1 heterocycles. The summed E-state index contributed by atoms with van der Waals surface area (Å²) in [7, 11) is -4.20. The molecule has 1 N–H and O–H groups in total. The van der Waals surface area contributed by atoms with Gasteiger partial charge in [0, 0.05) is 27.2 Å². The van der Waals surface area contributed by atoms with Crippen molar-refractivity contribution in [3.8, 4) is 5.75 Å². The standard InChI is InChI=1S/C22H29N3O6S2/c1-24(2)32(27,28)21-12-10-19(11-13-21)31-16-14-23-22(26)18-7-6-15-25(17-18)33(29,30)20-8-4-3-5-9-20/h3-5,8-13,18H,6-7,14-17H2,1-2H3,(H,23,26)/t18-/m1/s1. The zero-order valence-corrected chi connectivity index (χ0v) is 20.3. The third kappa shape index (κ3) is 6.11. The molecule has 3 rings (SSSR count). The minimum Gasteiger partial charge on any atom is -0.492 e. The third-order valence-electron chi connectivity index (χ3n) is 5.41. The van der Waals surface area contributed by atoms with Crippen molar-refractivity contribution in [1.82, 2.24) is 13.9 Å². The number of benzene rings is 2. The molecule has 1 amide bonds. The van der Waals surface area contributed by atoms with E-state index < -0.39 is 26.0 Å². The molecule has 2 aromatic carbocycles. The number of piperidine rings is 1. The Kier molecular flexibility index (Phi) is 8.11. The Morgan fingerprint density at radius 2 is 1.70 bits per heavy atom. The van der Waals surface area contributed by atoms with Crippen molar-refractivity contribution in [1.29, 1.82) is 0 Å². The molecule has 0 bridgehead atoms. The van der Waals surface area contributed by atoms with E-state index in [9.17, 15) is 21.6 Å². The lowest BCUT2D eigenvalue weighted by Gasteiger charge is -2.31. The molecule has 11 heteroatoms. The van der Waals surface area contributed by atoms with Crippen LogP contribution < -0.4 is 10.1 Å². The highest BCUT2D eigenvalue weighted by Gasteiger charge is 2.33. The quantitative estimate of drug-likeness (QED) is 0.528. The second-order valence-corrected chi connectivity index (χ2v) is 12.0. The van der Waals surface area contributed by atoms with Gasteiger partial charge >= 0.3 is 0 Å². The summed E-state index contributed by atoms with van der Waals surface area (Å²) >= 11 is 0. The molecule has 1 aliphatic heterocycles. The second kappa shape index (κ2) is 10.6. The summed E-state index contributed by atoms with van der Waals surface area (Å²) in [6, 6.07) is 14.3. The lowest BCUT2D eigenvalue weighted by atomic mass is 9.99. The van der Waals surface area contributed by atoms with Crippen molar-refractivity contribution >= 4 is 26.0 Å². The first-order valence-electron chi connectivity index (χ1n) is 10.6. The number of nitrogens with zero attached hydrogens (tertiary/aromatic N) is 2. The number of carbonyl (C=O) groups excluding carboxylic acids is 1. The van der Waals surface area contributed by atoms with E-state index in [2.05, 4.69) is 5.32 Å². The lowest BCUT2D eigenvalue weighted by molar-refractivity contribution is -0.126. The molecule has 0 saturated carbocycles. The van der Waals surface area contributed by atoms with Crippen molar-refractivity contribution in [2.45, 2.75) is 22.6 Å². The number of hydrogen-bond acceptors (Lipinski definition) is 6. The fraction of sp³-hybridized carbons (Fsp3) is 0.409. The molecule has 0 unspecified atom stereocenters. The zero-order chi connectivity index (χ0) is 24.1. The number of nitrogens with one attached hydrogen (secondary N) is 1. The summed E-state index contributed by atoms with van der Waals surface area (Å²) in [5, 5.41) is 2.80. The third-order valence-corrected chi connectivity index (χ3v) is 9.12. The Hall–Kier alpha value is -2.47. The summed E-state index contributed by atoms with van der Waals surface area (Å²) < 4.78 is 57.9. The molecule has 1 atom stereocenters. The van der Waals surface area contributed by atoms with Crippen LogP contribution in [0.2, 0.25) is 0 Å². The van der Waals surface area contributed by atoms with Crippen molar-refractivity contribution in [2.75, 3.05) is 40.3 Å². The van der Waals surface area contributed by atoms with Gasteiger partial charge in [0.2, 0.25) is 26.0 Å². The molecular formula is C22H29N3O6S2. The van der Waals surface area contributed by atoms with Crippen LogP contribution in [0.3, 0.4) is 0 Å². The van der Waals surface area contributed by atoms with Gasteiger partial charge in [-0.3, -0.25) is 4.79 Å². The van der Waals surface area contributed by atoms with Crippen molar-refractivity contribution < 1.29 is 26.4 Å². The molecule has 2 aromatic rings. The lowest BCUT2D eigenvalue weighted by Crippen LogP contribution is -2.45. The minimum atomic E-state index is -3.63. The van der Waals surface area contributed by atoms with Gasteiger partial charge in [0.15, 0.2) is 0 Å². The van der Waals surface area contributed by atoms with Crippen LogP contribution in [-0.2, 0) is 24.8 Å². The van der Waals surface area contributed by atoms with E-state index in [1.54, 1.807) is 42.5 Å². The maximum Gasteiger partial charge on any atom is 0.243 e. The molecule has 180 valence electrons. The van der Waals surface area contributed by atoms with Gasteiger partial charge in [-0.1, -0.05) is 18.2 Å². The smallest absolute Gasteiger partial charge is 0.243 e. The molecule has 1 aliphatic rings. The van der Waals surface area contributed by atoms with Gasteiger partial charge < -0.3 is 10.1 Å². The predicted molar refractivity (Wildman–Crippen MR) is 124 cm³/mol. The van der Waals surface area contributed by atoms with Gasteiger partial charge in [0.05, 0.1) is 22.3 Å². The summed E-state index contributed by atoms with van der Waals surface area (Å²) in [6.07, 6.45) is 1.23. The van der Waals surface area contributed by atoms with E-state index in [-0.39, 0.29) is 35.4 Å². The van der Waals surface area contributed by atoms with Crippen LogP contribution in [0.5, 0.6) is 5.75 Å². The second-order valence-electron chi connectivity index (χ2n) is 7.91. The Morgan fingerprint density at radius 1 is 1.03 bits per heavy atom. The van der Waals surface area contributed by atoms with Gasteiger partial charge in [-0.2, -0.15) is 4.31 Å². The van der Waals surface area contributed by atoms with Crippen LogP contribution in [0.25, 0.3) is 0 Å². The monoisotopic (exact) mass is 495 g/mol. The van der Waals surface area contributed by atoms with Crippen LogP contribution >= 0.6 is 0 Å². The Bertz CT molecular complexity index is 1150. The molecule has 9 nitrogen and oxygen atoms in total. The van der Waals surface area contributed by atoms with Gasteiger partial charge in [0.1, 0.15) is 12.4 Å². The molecular weight excluding hydrogens is 466 g/mol. The Morgan fingerprint density at radius 3 is 2.33 bits per heavy atom. The summed E-state index contributed by atoms with van der Waals surface area (Å²) in [6.45, 7) is 0.984. The topological polar surface area (TPSA) is 113 Å². The number of amides is 1. The fourth-order valence-electron chi connectivity index (χ4n) is 3.52. The fourth-order valence-corrected chi connectivity index (χ4v) is 5.97. The molecule has 33 heavy (non-hydrogen) atoms. The summed E-state index contributed by atoms with van der Waals surface area (Å²) in [4.78, 5) is 13.0. The zero-order valence-electron chi connectivity index (χ0n) is 18.7. The van der Waals surface area contributed by atoms with E-state index in [0.29, 0.717) is 25.1 Å². The molecule has 0 radical (unpaired) electrons. The molecule has 0 aromatic heterocycles. The van der Waals surface area contributed by atoms with Gasteiger partial charge in [-0.25, -0.2) is 21.1 Å². The first kappa shape index (κ1) is 25.2. The van der Waals surface area contributed by atoms with Crippen LogP contribution in [0, 0.1) is 5.92 Å². The van der Waals surface area contributed by atoms with Crippen LogP contribution in [0.4, 0.5) is 0 Å². The minimum absolute atomic E-state index is 0.145. The van der Waals surface area contributed by atoms with E-state index in [0.717, 1.165) is 4.31 Å². The van der Waals surface area contributed by atoms with Crippen LogP contribution in [-0.4, -0.2) is 71.7 Å². The average Bonchev–Trinajstić information content (AvgIpc) is 2.82. The molecule has 1 saturated heterocycles. The Labute approximate surface area is 195 Å². The number of ether oxygens (including phenoxy) is 1. The highest BCUT2D eigenvalue weighted by Crippen LogP contribution is 2.24. The predicted octanol–water partition coefficient (Wildman–Crippen LogP) is 1.53. The van der Waals surface area contributed by atoms with Gasteiger partial charge in [0.25, 0.3) is 0 Å². The van der Waals surface area contributed by atoms with Crippen molar-refractivity contribution in [3.63, 3.8) is 0 Å². The van der Waals surface area contributed by atoms with Gasteiger partial charge in [-0.15, -0.1) is 0 Å². The number of rotatable bonds is 9. The first-order valence-corrected chi connectivity index (χ1v) is 13.5. The number of sulfonamides is 2. The largest absolute Gasteiger partial charge is 0.492 e. The maximum absolute atomic E-state index is 12.8. The number of hydrogen-bond donors (Lipinski definition) is 1. The molecule has 0 aliphatic carbocycles.